The zero-order valence-electron chi connectivity index (χ0n) is 13.5. The Kier molecular flexibility index (Phi) is 3.24. The molecule has 9 heteroatoms. The Balaban J connectivity index is 1.28. The highest BCUT2D eigenvalue weighted by molar-refractivity contribution is 5.97. The third-order valence-electron chi connectivity index (χ3n) is 4.39. The molecule has 1 fully saturated rings. The number of carbonyl (C=O) groups is 1. The maximum atomic E-state index is 12.6. The van der Waals surface area contributed by atoms with Gasteiger partial charge in [-0.15, -0.1) is 0 Å². The minimum atomic E-state index is -0.0242. The van der Waals surface area contributed by atoms with Crippen LogP contribution in [-0.2, 0) is 0 Å². The summed E-state index contributed by atoms with van der Waals surface area (Å²) in [7, 11) is 0. The van der Waals surface area contributed by atoms with E-state index in [0.717, 1.165) is 11.0 Å². The van der Waals surface area contributed by atoms with Crippen molar-refractivity contribution in [3.8, 4) is 11.6 Å². The average molecular weight is 347 g/mol. The molecule has 1 aliphatic rings. The monoisotopic (exact) mass is 347 g/mol. The lowest BCUT2D eigenvalue weighted by atomic mass is 9.98. The fraction of sp³-hybridized carbons (Fsp3) is 0.176. The highest BCUT2D eigenvalue weighted by atomic mass is 16.5. The first-order chi connectivity index (χ1) is 12.8. The van der Waals surface area contributed by atoms with Crippen molar-refractivity contribution in [3.05, 3.63) is 54.4 Å². The van der Waals surface area contributed by atoms with Crippen molar-refractivity contribution >= 4 is 16.9 Å². The van der Waals surface area contributed by atoms with E-state index < -0.39 is 0 Å². The van der Waals surface area contributed by atoms with Crippen LogP contribution in [0.25, 0.3) is 22.7 Å². The van der Waals surface area contributed by atoms with Gasteiger partial charge in [-0.1, -0.05) is 5.16 Å². The molecule has 3 aromatic heterocycles. The van der Waals surface area contributed by atoms with E-state index in [0.29, 0.717) is 36.2 Å². The Labute approximate surface area is 147 Å². The Bertz CT molecular complexity index is 1080. The first kappa shape index (κ1) is 14.7. The zero-order chi connectivity index (χ0) is 17.5. The van der Waals surface area contributed by atoms with Crippen molar-refractivity contribution in [2.45, 2.75) is 5.92 Å². The number of likely N-dealkylation sites (tertiary alicyclic amines) is 1. The largest absolute Gasteiger partial charge is 0.345 e. The zero-order valence-corrected chi connectivity index (χ0v) is 13.5. The molecule has 0 radical (unpaired) electrons. The number of nitrogens with one attached hydrogen (secondary N) is 1. The number of nitrogens with zero attached hydrogens (tertiary/aromatic N) is 6. The maximum absolute atomic E-state index is 12.6. The van der Waals surface area contributed by atoms with Gasteiger partial charge in [-0.05, 0) is 24.3 Å². The lowest BCUT2D eigenvalue weighted by Crippen LogP contribution is -2.48. The van der Waals surface area contributed by atoms with Crippen molar-refractivity contribution in [1.82, 2.24) is 35.0 Å². The van der Waals surface area contributed by atoms with Gasteiger partial charge >= 0.3 is 0 Å². The molecule has 1 aromatic carbocycles. The second kappa shape index (κ2) is 5.73. The van der Waals surface area contributed by atoms with Crippen molar-refractivity contribution in [2.75, 3.05) is 13.1 Å². The van der Waals surface area contributed by atoms with Crippen LogP contribution in [0, 0.1) is 0 Å². The van der Waals surface area contributed by atoms with Crippen LogP contribution in [0.1, 0.15) is 22.2 Å². The van der Waals surface area contributed by atoms with Gasteiger partial charge in [0.05, 0.1) is 23.3 Å². The van der Waals surface area contributed by atoms with Gasteiger partial charge in [0, 0.05) is 31.0 Å². The fourth-order valence-corrected chi connectivity index (χ4v) is 2.96. The summed E-state index contributed by atoms with van der Waals surface area (Å²) < 4.78 is 5.31. The van der Waals surface area contributed by atoms with Gasteiger partial charge in [0.1, 0.15) is 0 Å². The van der Waals surface area contributed by atoms with Crippen molar-refractivity contribution in [2.24, 2.45) is 0 Å². The smallest absolute Gasteiger partial charge is 0.253 e. The van der Waals surface area contributed by atoms with E-state index in [1.165, 1.54) is 0 Å². The summed E-state index contributed by atoms with van der Waals surface area (Å²) in [5.41, 5.74) is 2.31. The van der Waals surface area contributed by atoms with Crippen molar-refractivity contribution in [1.29, 1.82) is 0 Å². The number of hydrogen-bond acceptors (Lipinski definition) is 7. The molecular formula is C17H13N7O2. The standard InChI is InChI=1S/C17H13N7O2/c25-17(10-2-3-12-13(6-10)21-9-20-12)24-7-11(8-24)16-22-15(23-26-16)14-18-4-1-5-19-14/h1-6,9,11H,7-8H2,(H,20,21). The molecule has 0 saturated carbocycles. The number of fused-ring (bicyclic) bond motifs is 1. The molecule has 26 heavy (non-hydrogen) atoms. The molecular weight excluding hydrogens is 334 g/mol. The third-order valence-corrected chi connectivity index (χ3v) is 4.39. The number of aromatic nitrogens is 6. The van der Waals surface area contributed by atoms with Crippen molar-refractivity contribution < 1.29 is 9.32 Å². The van der Waals surface area contributed by atoms with Crippen LogP contribution < -0.4 is 0 Å². The molecule has 0 atom stereocenters. The Morgan fingerprint density at radius 1 is 1.15 bits per heavy atom. The van der Waals surface area contributed by atoms with Crippen molar-refractivity contribution in [3.63, 3.8) is 0 Å². The van der Waals surface area contributed by atoms with E-state index in [1.807, 2.05) is 12.1 Å². The quantitative estimate of drug-likeness (QED) is 0.599. The summed E-state index contributed by atoms with van der Waals surface area (Å²) in [6.07, 6.45) is 4.86. The third kappa shape index (κ3) is 2.41. The van der Waals surface area contributed by atoms with Gasteiger partial charge in [0.2, 0.25) is 17.5 Å². The first-order valence-corrected chi connectivity index (χ1v) is 8.11. The summed E-state index contributed by atoms with van der Waals surface area (Å²) in [6.45, 7) is 1.08. The molecule has 1 aliphatic heterocycles. The normalized spacial score (nSPS) is 14.5. The number of aromatic amines is 1. The summed E-state index contributed by atoms with van der Waals surface area (Å²) >= 11 is 0. The number of H-pyrrole nitrogens is 1. The predicted octanol–water partition coefficient (Wildman–Crippen LogP) is 1.64. The summed E-state index contributed by atoms with van der Waals surface area (Å²) in [6, 6.07) is 7.16. The highest BCUT2D eigenvalue weighted by Gasteiger charge is 2.36. The number of imidazole rings is 1. The van der Waals surface area contributed by atoms with E-state index >= 15 is 0 Å². The SMILES string of the molecule is O=C(c1ccc2nc[nH]c2c1)N1CC(c2nc(-c3ncccn3)no2)C1. The summed E-state index contributed by atoms with van der Waals surface area (Å²) in [4.78, 5) is 34.1. The fourth-order valence-electron chi connectivity index (χ4n) is 2.96. The molecule has 1 amide bonds. The second-order valence-corrected chi connectivity index (χ2v) is 6.07. The van der Waals surface area contributed by atoms with Crippen LogP contribution in [0.4, 0.5) is 0 Å². The van der Waals surface area contributed by atoms with Crippen LogP contribution in [0.2, 0.25) is 0 Å². The van der Waals surface area contributed by atoms with Gasteiger partial charge in [0.25, 0.3) is 5.91 Å². The number of carbonyl (C=O) groups excluding carboxylic acids is 1. The Morgan fingerprint density at radius 3 is 2.85 bits per heavy atom. The molecule has 0 aliphatic carbocycles. The van der Waals surface area contributed by atoms with Gasteiger partial charge in [0.15, 0.2) is 0 Å². The minimum absolute atomic E-state index is 0.0242. The van der Waals surface area contributed by atoms with Crippen LogP contribution in [-0.4, -0.2) is 54.0 Å². The van der Waals surface area contributed by atoms with E-state index in [2.05, 4.69) is 30.1 Å². The summed E-state index contributed by atoms with van der Waals surface area (Å²) in [5, 5.41) is 3.92. The van der Waals surface area contributed by atoms with E-state index in [9.17, 15) is 4.79 Å². The molecule has 9 nitrogen and oxygen atoms in total. The topological polar surface area (TPSA) is 114 Å². The number of hydrogen-bond donors (Lipinski definition) is 1. The predicted molar refractivity (Wildman–Crippen MR) is 90.1 cm³/mol. The van der Waals surface area contributed by atoms with Gasteiger partial charge in [-0.3, -0.25) is 4.79 Å². The van der Waals surface area contributed by atoms with E-state index in [-0.39, 0.29) is 11.8 Å². The molecule has 4 aromatic rings. The van der Waals surface area contributed by atoms with Gasteiger partial charge in [-0.25, -0.2) is 15.0 Å². The van der Waals surface area contributed by atoms with E-state index in [1.54, 1.807) is 35.8 Å². The first-order valence-electron chi connectivity index (χ1n) is 8.11. The minimum Gasteiger partial charge on any atom is -0.345 e. The van der Waals surface area contributed by atoms with E-state index in [4.69, 9.17) is 4.52 Å². The van der Waals surface area contributed by atoms with Gasteiger partial charge in [-0.2, -0.15) is 4.98 Å². The van der Waals surface area contributed by atoms with Gasteiger partial charge < -0.3 is 14.4 Å². The molecule has 0 bridgehead atoms. The number of amides is 1. The van der Waals surface area contributed by atoms with Crippen LogP contribution in [0.3, 0.4) is 0 Å². The molecule has 4 heterocycles. The van der Waals surface area contributed by atoms with Crippen LogP contribution in [0.15, 0.2) is 47.5 Å². The molecule has 0 unspecified atom stereocenters. The lowest BCUT2D eigenvalue weighted by molar-refractivity contribution is 0.0569. The lowest BCUT2D eigenvalue weighted by Gasteiger charge is -2.37. The maximum Gasteiger partial charge on any atom is 0.253 e. The molecule has 1 saturated heterocycles. The molecule has 5 rings (SSSR count). The second-order valence-electron chi connectivity index (χ2n) is 6.07. The van der Waals surface area contributed by atoms with Crippen LogP contribution >= 0.6 is 0 Å². The number of rotatable bonds is 3. The molecule has 128 valence electrons. The number of benzene rings is 1. The van der Waals surface area contributed by atoms with Crippen LogP contribution in [0.5, 0.6) is 0 Å². The highest BCUT2D eigenvalue weighted by Crippen LogP contribution is 2.28. The Hall–Kier alpha value is -3.62. The molecule has 0 spiro atoms. The average Bonchev–Trinajstić information content (AvgIpc) is 3.30. The Morgan fingerprint density at radius 2 is 2.00 bits per heavy atom. The summed E-state index contributed by atoms with van der Waals surface area (Å²) in [5.74, 6) is 1.28. The molecule has 1 N–H and O–H groups in total.